The van der Waals surface area contributed by atoms with E-state index in [0.717, 1.165) is 11.1 Å². The van der Waals surface area contributed by atoms with E-state index < -0.39 is 6.10 Å². The lowest BCUT2D eigenvalue weighted by Gasteiger charge is -2.21. The molecule has 3 rings (SSSR count). The summed E-state index contributed by atoms with van der Waals surface area (Å²) in [5.74, 6) is 2.40. The molecule has 8 heteroatoms. The molecule has 0 saturated heterocycles. The van der Waals surface area contributed by atoms with Crippen LogP contribution in [0.4, 0.5) is 0 Å². The summed E-state index contributed by atoms with van der Waals surface area (Å²) in [5, 5.41) is 4.02. The Morgan fingerprint density at radius 2 is 1.87 bits per heavy atom. The molecule has 1 atom stereocenters. The number of aryl methyl sites for hydroxylation is 2. The lowest BCUT2D eigenvalue weighted by atomic mass is 10.1. The first kappa shape index (κ1) is 22.1. The number of carbonyl (C=O) groups excluding carboxylic acids is 1. The number of likely N-dealkylation sites (N-methyl/N-ethyl adjacent to an activating group) is 1. The van der Waals surface area contributed by atoms with E-state index in [1.165, 1.54) is 4.90 Å². The summed E-state index contributed by atoms with van der Waals surface area (Å²) in [7, 11) is 4.81. The van der Waals surface area contributed by atoms with Crippen molar-refractivity contribution in [1.29, 1.82) is 0 Å². The molecule has 0 aliphatic rings. The van der Waals surface area contributed by atoms with Gasteiger partial charge in [0.05, 0.1) is 26.3 Å². The fraction of sp³-hybridized carbons (Fsp3) is 0.348. The maximum Gasteiger partial charge on any atom is 0.263 e. The van der Waals surface area contributed by atoms with E-state index >= 15 is 0 Å². The van der Waals surface area contributed by atoms with Crippen molar-refractivity contribution in [2.24, 2.45) is 0 Å². The Labute approximate surface area is 181 Å². The van der Waals surface area contributed by atoms with Crippen molar-refractivity contribution in [1.82, 2.24) is 15.0 Å². The van der Waals surface area contributed by atoms with Crippen LogP contribution in [-0.4, -0.2) is 48.3 Å². The van der Waals surface area contributed by atoms with Crippen LogP contribution < -0.4 is 14.2 Å². The van der Waals surface area contributed by atoms with Gasteiger partial charge in [-0.05, 0) is 50.1 Å². The van der Waals surface area contributed by atoms with Crippen molar-refractivity contribution in [3.05, 3.63) is 53.4 Å². The highest BCUT2D eigenvalue weighted by Crippen LogP contribution is 2.31. The number of rotatable bonds is 8. The molecule has 0 unspecified atom stereocenters. The fourth-order valence-electron chi connectivity index (χ4n) is 3.08. The van der Waals surface area contributed by atoms with Crippen LogP contribution in [0.25, 0.3) is 11.4 Å². The van der Waals surface area contributed by atoms with Crippen molar-refractivity contribution in [3.63, 3.8) is 0 Å². The maximum absolute atomic E-state index is 12.8. The largest absolute Gasteiger partial charge is 0.497 e. The van der Waals surface area contributed by atoms with Crippen LogP contribution in [0.2, 0.25) is 0 Å². The second kappa shape index (κ2) is 9.51. The molecule has 0 spiro atoms. The predicted octanol–water partition coefficient (Wildman–Crippen LogP) is 3.80. The van der Waals surface area contributed by atoms with Crippen LogP contribution >= 0.6 is 0 Å². The zero-order valence-corrected chi connectivity index (χ0v) is 18.6. The Bertz CT molecular complexity index is 1060. The Balaban J connectivity index is 1.68. The summed E-state index contributed by atoms with van der Waals surface area (Å²) in [6, 6.07) is 11.2. The van der Waals surface area contributed by atoms with Crippen molar-refractivity contribution in [2.45, 2.75) is 33.4 Å². The van der Waals surface area contributed by atoms with Gasteiger partial charge in [0.15, 0.2) is 6.10 Å². The standard InChI is InChI=1S/C23H27N3O5/c1-14-7-8-15(2)19(11-14)30-16(3)23(27)26(4)13-21-24-22(25-31-21)18-10-9-17(28-5)12-20(18)29-6/h7-12,16H,13H2,1-6H3/t16-/m1/s1. The van der Waals surface area contributed by atoms with Crippen LogP contribution in [0.5, 0.6) is 17.2 Å². The van der Waals surface area contributed by atoms with E-state index in [4.69, 9.17) is 18.7 Å². The normalized spacial score (nSPS) is 11.7. The van der Waals surface area contributed by atoms with E-state index in [1.54, 1.807) is 46.4 Å². The summed E-state index contributed by atoms with van der Waals surface area (Å²) in [6.07, 6.45) is -0.658. The summed E-state index contributed by atoms with van der Waals surface area (Å²) in [5.41, 5.74) is 2.71. The van der Waals surface area contributed by atoms with Gasteiger partial charge in [0.25, 0.3) is 5.91 Å². The molecule has 2 aromatic carbocycles. The van der Waals surface area contributed by atoms with E-state index in [2.05, 4.69) is 10.1 Å². The van der Waals surface area contributed by atoms with Gasteiger partial charge in [-0.2, -0.15) is 4.98 Å². The molecule has 0 fully saturated rings. The van der Waals surface area contributed by atoms with Crippen molar-refractivity contribution < 1.29 is 23.5 Å². The number of methoxy groups -OCH3 is 2. The van der Waals surface area contributed by atoms with Gasteiger partial charge in [-0.1, -0.05) is 17.3 Å². The van der Waals surface area contributed by atoms with Gasteiger partial charge in [0.1, 0.15) is 17.2 Å². The number of hydrogen-bond acceptors (Lipinski definition) is 7. The van der Waals surface area contributed by atoms with Crippen molar-refractivity contribution >= 4 is 5.91 Å². The molecule has 31 heavy (non-hydrogen) atoms. The summed E-state index contributed by atoms with van der Waals surface area (Å²) >= 11 is 0. The zero-order valence-electron chi connectivity index (χ0n) is 18.6. The molecule has 0 aliphatic heterocycles. The second-order valence-electron chi connectivity index (χ2n) is 7.30. The van der Waals surface area contributed by atoms with Gasteiger partial charge in [-0.15, -0.1) is 0 Å². The van der Waals surface area contributed by atoms with Gasteiger partial charge >= 0.3 is 0 Å². The highest BCUT2D eigenvalue weighted by atomic mass is 16.5. The number of nitrogens with zero attached hydrogens (tertiary/aromatic N) is 3. The lowest BCUT2D eigenvalue weighted by molar-refractivity contribution is -0.137. The monoisotopic (exact) mass is 425 g/mol. The molecule has 1 amide bonds. The Morgan fingerprint density at radius 3 is 2.58 bits per heavy atom. The number of aromatic nitrogens is 2. The maximum atomic E-state index is 12.8. The summed E-state index contributed by atoms with van der Waals surface area (Å²) < 4.78 is 21.8. The van der Waals surface area contributed by atoms with Crippen LogP contribution in [0.3, 0.4) is 0 Å². The molecular weight excluding hydrogens is 398 g/mol. The minimum absolute atomic E-state index is 0.158. The van der Waals surface area contributed by atoms with Gasteiger partial charge in [0, 0.05) is 13.1 Å². The second-order valence-corrected chi connectivity index (χ2v) is 7.30. The third kappa shape index (κ3) is 5.14. The molecular formula is C23H27N3O5. The molecule has 1 aromatic heterocycles. The first-order chi connectivity index (χ1) is 14.8. The SMILES string of the molecule is COc1ccc(-c2noc(CN(C)C(=O)[C@@H](C)Oc3cc(C)ccc3C)n2)c(OC)c1. The molecule has 0 N–H and O–H groups in total. The number of hydrogen-bond donors (Lipinski definition) is 0. The zero-order chi connectivity index (χ0) is 22.5. The minimum atomic E-state index is -0.658. The molecule has 8 nitrogen and oxygen atoms in total. The Hall–Kier alpha value is -3.55. The van der Waals surface area contributed by atoms with Crippen LogP contribution in [0, 0.1) is 13.8 Å². The quantitative estimate of drug-likeness (QED) is 0.542. The molecule has 3 aromatic rings. The molecule has 0 radical (unpaired) electrons. The van der Waals surface area contributed by atoms with E-state index in [9.17, 15) is 4.79 Å². The van der Waals surface area contributed by atoms with E-state index in [1.807, 2.05) is 32.0 Å². The first-order valence-corrected chi connectivity index (χ1v) is 9.86. The highest BCUT2D eigenvalue weighted by Gasteiger charge is 2.22. The van der Waals surface area contributed by atoms with Crippen LogP contribution in [0.1, 0.15) is 23.9 Å². The molecule has 0 saturated carbocycles. The van der Waals surface area contributed by atoms with Crippen LogP contribution in [0.15, 0.2) is 40.9 Å². The lowest BCUT2D eigenvalue weighted by Crippen LogP contribution is -2.37. The van der Waals surface area contributed by atoms with Gasteiger partial charge in [0.2, 0.25) is 11.7 Å². The van der Waals surface area contributed by atoms with E-state index in [-0.39, 0.29) is 12.5 Å². The first-order valence-electron chi connectivity index (χ1n) is 9.86. The number of ether oxygens (including phenoxy) is 3. The number of amides is 1. The Kier molecular flexibility index (Phi) is 6.79. The number of benzene rings is 2. The van der Waals surface area contributed by atoms with Crippen molar-refractivity contribution in [3.8, 4) is 28.6 Å². The fourth-order valence-corrected chi connectivity index (χ4v) is 3.08. The smallest absolute Gasteiger partial charge is 0.263 e. The van der Waals surface area contributed by atoms with Crippen molar-refractivity contribution in [2.75, 3.05) is 21.3 Å². The topological polar surface area (TPSA) is 86.9 Å². The third-order valence-electron chi connectivity index (χ3n) is 4.86. The molecule has 0 bridgehead atoms. The summed E-state index contributed by atoms with van der Waals surface area (Å²) in [6.45, 7) is 5.81. The average Bonchev–Trinajstić information content (AvgIpc) is 3.23. The molecule has 1 heterocycles. The minimum Gasteiger partial charge on any atom is -0.497 e. The van der Waals surface area contributed by atoms with Crippen LogP contribution in [-0.2, 0) is 11.3 Å². The van der Waals surface area contributed by atoms with Gasteiger partial charge in [-0.3, -0.25) is 4.79 Å². The van der Waals surface area contributed by atoms with E-state index in [0.29, 0.717) is 34.5 Å². The predicted molar refractivity (Wildman–Crippen MR) is 115 cm³/mol. The molecule has 0 aliphatic carbocycles. The third-order valence-corrected chi connectivity index (χ3v) is 4.86. The number of carbonyl (C=O) groups is 1. The Morgan fingerprint density at radius 1 is 1.10 bits per heavy atom. The van der Waals surface area contributed by atoms with Gasteiger partial charge in [-0.25, -0.2) is 0 Å². The molecule has 164 valence electrons. The average molecular weight is 425 g/mol. The highest BCUT2D eigenvalue weighted by molar-refractivity contribution is 5.80. The van der Waals surface area contributed by atoms with Gasteiger partial charge < -0.3 is 23.6 Å². The summed E-state index contributed by atoms with van der Waals surface area (Å²) in [4.78, 5) is 18.7.